The second-order valence-corrected chi connectivity index (χ2v) is 5.77. The summed E-state index contributed by atoms with van der Waals surface area (Å²) in [4.78, 5) is 12.9. The summed E-state index contributed by atoms with van der Waals surface area (Å²) in [6.45, 7) is -0.349. The van der Waals surface area contributed by atoms with Crippen molar-refractivity contribution in [3.05, 3.63) is 107 Å². The number of benzene rings is 3. The number of hydrogen-bond donors (Lipinski definition) is 1. The third-order valence-corrected chi connectivity index (χ3v) is 3.88. The fourth-order valence-electron chi connectivity index (χ4n) is 2.61. The molecule has 1 unspecified atom stereocenters. The molecule has 0 amide bonds. The van der Waals surface area contributed by atoms with E-state index in [9.17, 15) is 18.7 Å². The molecule has 0 aliphatic rings. The molecule has 0 saturated heterocycles. The molecular formula is C21H16F2O3. The second kappa shape index (κ2) is 7.56. The predicted octanol–water partition coefficient (Wildman–Crippen LogP) is 4.21. The molecule has 1 N–H and O–H groups in total. The van der Waals surface area contributed by atoms with E-state index in [0.717, 1.165) is 18.2 Å². The molecule has 0 heterocycles. The van der Waals surface area contributed by atoms with Crippen LogP contribution in [0.1, 0.15) is 21.5 Å². The molecule has 0 aliphatic carbocycles. The molecule has 3 aromatic rings. The highest BCUT2D eigenvalue weighted by molar-refractivity contribution is 6.01. The molecular weight excluding hydrogens is 338 g/mol. The zero-order valence-electron chi connectivity index (χ0n) is 13.7. The molecule has 3 nitrogen and oxygen atoms in total. The van der Waals surface area contributed by atoms with Crippen LogP contribution in [0, 0.1) is 11.6 Å². The minimum Gasteiger partial charge on any atom is -0.356 e. The molecule has 0 radical (unpaired) electrons. The number of ketones is 1. The SMILES string of the molecule is O=C(c1ccccc1)C(O)(OCc1cc(F)cc(F)c1)c1ccccc1. The average Bonchev–Trinajstić information content (AvgIpc) is 2.66. The number of carbonyl (C=O) groups excluding carboxylic acids is 1. The summed E-state index contributed by atoms with van der Waals surface area (Å²) in [6, 6.07) is 19.2. The van der Waals surface area contributed by atoms with Gasteiger partial charge in [0.2, 0.25) is 5.78 Å². The lowest BCUT2D eigenvalue weighted by Crippen LogP contribution is -2.38. The third-order valence-electron chi connectivity index (χ3n) is 3.88. The zero-order valence-corrected chi connectivity index (χ0v) is 13.7. The van der Waals surface area contributed by atoms with Crippen LogP contribution in [0.2, 0.25) is 0 Å². The van der Waals surface area contributed by atoms with Gasteiger partial charge in [-0.1, -0.05) is 60.7 Å². The zero-order chi connectivity index (χ0) is 18.6. The molecule has 0 aromatic heterocycles. The normalized spacial score (nSPS) is 13.2. The molecule has 1 atom stereocenters. The number of Topliss-reactive ketones (excluding diaryl/α,β-unsaturated/α-hetero) is 1. The number of hydrogen-bond acceptors (Lipinski definition) is 3. The number of ether oxygens (including phenoxy) is 1. The van der Waals surface area contributed by atoms with E-state index in [1.165, 1.54) is 0 Å². The summed E-state index contributed by atoms with van der Waals surface area (Å²) in [6.07, 6.45) is 0. The monoisotopic (exact) mass is 354 g/mol. The van der Waals surface area contributed by atoms with Gasteiger partial charge in [0, 0.05) is 17.2 Å². The number of halogens is 2. The lowest BCUT2D eigenvalue weighted by molar-refractivity contribution is -0.181. The van der Waals surface area contributed by atoms with Gasteiger partial charge >= 0.3 is 0 Å². The Labute approximate surface area is 149 Å². The standard InChI is InChI=1S/C21H16F2O3/c22-18-11-15(12-19(23)13-18)14-26-21(25,17-9-5-2-6-10-17)20(24)16-7-3-1-4-8-16/h1-13,25H,14H2. The van der Waals surface area contributed by atoms with E-state index in [1.54, 1.807) is 60.7 Å². The first-order chi connectivity index (χ1) is 12.5. The first kappa shape index (κ1) is 17.9. The Morgan fingerprint density at radius 2 is 1.42 bits per heavy atom. The van der Waals surface area contributed by atoms with Crippen LogP contribution in [-0.4, -0.2) is 10.9 Å². The van der Waals surface area contributed by atoms with E-state index in [0.29, 0.717) is 0 Å². The highest BCUT2D eigenvalue weighted by Crippen LogP contribution is 2.29. The van der Waals surface area contributed by atoms with E-state index in [4.69, 9.17) is 4.74 Å². The molecule has 26 heavy (non-hydrogen) atoms. The van der Waals surface area contributed by atoms with Crippen molar-refractivity contribution in [1.29, 1.82) is 0 Å². The Hall–Kier alpha value is -2.89. The Morgan fingerprint density at radius 1 is 0.885 bits per heavy atom. The van der Waals surface area contributed by atoms with Crippen molar-refractivity contribution in [2.75, 3.05) is 0 Å². The maximum absolute atomic E-state index is 13.4. The highest BCUT2D eigenvalue weighted by atomic mass is 19.1. The summed E-state index contributed by atoms with van der Waals surface area (Å²) >= 11 is 0. The van der Waals surface area contributed by atoms with Crippen LogP contribution in [0.3, 0.4) is 0 Å². The molecule has 0 fully saturated rings. The van der Waals surface area contributed by atoms with Crippen molar-refractivity contribution in [3.8, 4) is 0 Å². The van der Waals surface area contributed by atoms with E-state index in [2.05, 4.69) is 0 Å². The van der Waals surface area contributed by atoms with Gasteiger partial charge in [-0.05, 0) is 17.7 Å². The van der Waals surface area contributed by atoms with Crippen LogP contribution in [-0.2, 0) is 17.1 Å². The van der Waals surface area contributed by atoms with Crippen LogP contribution in [0.15, 0.2) is 78.9 Å². The van der Waals surface area contributed by atoms with Crippen LogP contribution in [0.5, 0.6) is 0 Å². The van der Waals surface area contributed by atoms with Crippen LogP contribution < -0.4 is 0 Å². The molecule has 5 heteroatoms. The van der Waals surface area contributed by atoms with Crippen LogP contribution >= 0.6 is 0 Å². The quantitative estimate of drug-likeness (QED) is 0.533. The lowest BCUT2D eigenvalue weighted by Gasteiger charge is -2.27. The maximum atomic E-state index is 13.4. The summed E-state index contributed by atoms with van der Waals surface area (Å²) in [7, 11) is 0. The van der Waals surface area contributed by atoms with Gasteiger partial charge < -0.3 is 9.84 Å². The maximum Gasteiger partial charge on any atom is 0.259 e. The Morgan fingerprint density at radius 3 is 2.00 bits per heavy atom. The summed E-state index contributed by atoms with van der Waals surface area (Å²) < 4.78 is 32.2. The number of carbonyl (C=O) groups is 1. The van der Waals surface area contributed by atoms with E-state index in [1.807, 2.05) is 0 Å². The smallest absolute Gasteiger partial charge is 0.259 e. The van der Waals surface area contributed by atoms with Crippen molar-refractivity contribution in [2.45, 2.75) is 12.4 Å². The number of rotatable bonds is 6. The molecule has 0 saturated carbocycles. The Kier molecular flexibility index (Phi) is 5.21. The summed E-state index contributed by atoms with van der Waals surface area (Å²) in [5.41, 5.74) is 0.646. The molecule has 0 bridgehead atoms. The summed E-state index contributed by atoms with van der Waals surface area (Å²) in [5, 5.41) is 11.0. The van der Waals surface area contributed by atoms with Crippen molar-refractivity contribution in [3.63, 3.8) is 0 Å². The molecule has 0 spiro atoms. The fraction of sp³-hybridized carbons (Fsp3) is 0.0952. The largest absolute Gasteiger partial charge is 0.356 e. The van der Waals surface area contributed by atoms with Crippen molar-refractivity contribution >= 4 is 5.78 Å². The van der Waals surface area contributed by atoms with Crippen LogP contribution in [0.4, 0.5) is 8.78 Å². The van der Waals surface area contributed by atoms with Crippen molar-refractivity contribution in [2.24, 2.45) is 0 Å². The average molecular weight is 354 g/mol. The molecule has 0 aliphatic heterocycles. The van der Waals surface area contributed by atoms with Crippen molar-refractivity contribution in [1.82, 2.24) is 0 Å². The minimum absolute atomic E-state index is 0.165. The Bertz CT molecular complexity index is 877. The first-order valence-corrected chi connectivity index (χ1v) is 7.96. The molecule has 3 rings (SSSR count). The molecule has 3 aromatic carbocycles. The summed E-state index contributed by atoms with van der Waals surface area (Å²) in [5.74, 6) is -4.48. The van der Waals surface area contributed by atoms with E-state index < -0.39 is 23.2 Å². The van der Waals surface area contributed by atoms with Gasteiger partial charge in [-0.15, -0.1) is 0 Å². The fourth-order valence-corrected chi connectivity index (χ4v) is 2.61. The van der Waals surface area contributed by atoms with Gasteiger partial charge in [-0.25, -0.2) is 8.78 Å². The van der Waals surface area contributed by atoms with Gasteiger partial charge in [-0.3, -0.25) is 4.79 Å². The predicted molar refractivity (Wildman–Crippen MR) is 92.3 cm³/mol. The van der Waals surface area contributed by atoms with Gasteiger partial charge in [0.1, 0.15) is 11.6 Å². The first-order valence-electron chi connectivity index (χ1n) is 7.96. The second-order valence-electron chi connectivity index (χ2n) is 5.77. The van der Waals surface area contributed by atoms with Crippen LogP contribution in [0.25, 0.3) is 0 Å². The Balaban J connectivity index is 1.94. The van der Waals surface area contributed by atoms with Crippen molar-refractivity contribution < 1.29 is 23.4 Å². The van der Waals surface area contributed by atoms with Gasteiger partial charge in [-0.2, -0.15) is 0 Å². The lowest BCUT2D eigenvalue weighted by atomic mass is 9.96. The topological polar surface area (TPSA) is 46.5 Å². The molecule has 132 valence electrons. The van der Waals surface area contributed by atoms with E-state index >= 15 is 0 Å². The van der Waals surface area contributed by atoms with Gasteiger partial charge in [0.15, 0.2) is 0 Å². The van der Waals surface area contributed by atoms with Gasteiger partial charge in [0.05, 0.1) is 6.61 Å². The highest BCUT2D eigenvalue weighted by Gasteiger charge is 2.40. The minimum atomic E-state index is -2.29. The number of aliphatic hydroxyl groups is 1. The van der Waals surface area contributed by atoms with Gasteiger partial charge in [0.25, 0.3) is 5.79 Å². The van der Waals surface area contributed by atoms with E-state index in [-0.39, 0.29) is 23.3 Å². The third kappa shape index (κ3) is 3.85.